The van der Waals surface area contributed by atoms with Crippen molar-refractivity contribution in [2.24, 2.45) is 9.98 Å². The molecule has 0 saturated carbocycles. The summed E-state index contributed by atoms with van der Waals surface area (Å²) in [7, 11) is 0. The van der Waals surface area contributed by atoms with Crippen LogP contribution in [-0.2, 0) is 21.6 Å². The minimum absolute atomic E-state index is 0. The third-order valence-electron chi connectivity index (χ3n) is 3.58. The van der Waals surface area contributed by atoms with Crippen LogP contribution in [0.3, 0.4) is 0 Å². The molecule has 0 spiro atoms. The van der Waals surface area contributed by atoms with Crippen molar-refractivity contribution in [3.05, 3.63) is 59.7 Å². The number of carboxylic acid groups (broad SMARTS) is 1. The fourth-order valence-corrected chi connectivity index (χ4v) is 2.22. The van der Waals surface area contributed by atoms with E-state index in [2.05, 4.69) is 15.3 Å². The zero-order chi connectivity index (χ0) is 21.3. The van der Waals surface area contributed by atoms with Crippen LogP contribution in [0, 0.1) is 0 Å². The zero-order valence-electron chi connectivity index (χ0n) is 16.9. The van der Waals surface area contributed by atoms with Gasteiger partial charge in [0.25, 0.3) is 0 Å². The standard InChI is InChI=1S/C20H25N3O2.C2H4O2.Co/c24-19-9-3-1-7-17(19)15-22-13-5-11-21-12-6-14-23-16-18-8-2-4-10-20(18)25;1-2(3)4;/h1-4,7-10,15-16,21,24-25H,5-6,11-14H2;1H3,(H,3,4);/q;;+3/p-3. The van der Waals surface area contributed by atoms with E-state index in [1.807, 2.05) is 12.1 Å². The molecule has 0 heterocycles. The first-order valence-corrected chi connectivity index (χ1v) is 9.40. The Kier molecular flexibility index (Phi) is 15.7. The van der Waals surface area contributed by atoms with Crippen LogP contribution in [0.1, 0.15) is 30.9 Å². The van der Waals surface area contributed by atoms with E-state index in [1.54, 1.807) is 48.8 Å². The number of carbonyl (C=O) groups is 1. The number of nitrogens with zero attached hydrogens (tertiary/aromatic N) is 2. The van der Waals surface area contributed by atoms with Gasteiger partial charge in [0.05, 0.1) is 0 Å². The normalized spacial score (nSPS) is 10.4. The van der Waals surface area contributed by atoms with Crippen LogP contribution >= 0.6 is 0 Å². The van der Waals surface area contributed by atoms with Crippen molar-refractivity contribution in [3.8, 4) is 11.5 Å². The van der Waals surface area contributed by atoms with E-state index < -0.39 is 5.97 Å². The average Bonchev–Trinajstić information content (AvgIpc) is 2.68. The molecule has 1 N–H and O–H groups in total. The molecule has 2 rings (SSSR count). The number of aliphatic carboxylic acids is 1. The average molecular weight is 455 g/mol. The first-order chi connectivity index (χ1) is 14.0. The summed E-state index contributed by atoms with van der Waals surface area (Å²) in [6.45, 7) is 4.12. The summed E-state index contributed by atoms with van der Waals surface area (Å²) in [6.07, 6.45) is 5.13. The second-order valence-corrected chi connectivity index (χ2v) is 6.09. The third-order valence-corrected chi connectivity index (χ3v) is 3.58. The maximum absolute atomic E-state index is 11.5. The molecule has 0 radical (unpaired) electrons. The molecule has 0 aliphatic rings. The van der Waals surface area contributed by atoms with E-state index in [0.717, 1.165) is 32.9 Å². The van der Waals surface area contributed by atoms with Gasteiger partial charge in [-0.05, 0) is 44.0 Å². The number of aliphatic imine (C=N–C) groups is 2. The zero-order valence-corrected chi connectivity index (χ0v) is 17.9. The van der Waals surface area contributed by atoms with Crippen LogP contribution in [0.15, 0.2) is 58.5 Å². The number of para-hydroxylation sites is 2. The van der Waals surface area contributed by atoms with Crippen molar-refractivity contribution in [2.45, 2.75) is 19.8 Å². The summed E-state index contributed by atoms with van der Waals surface area (Å²) < 4.78 is 0. The van der Waals surface area contributed by atoms with Gasteiger partial charge in [-0.25, -0.2) is 0 Å². The Hall–Kier alpha value is -2.68. The molecule has 0 aliphatic carbocycles. The molecular weight excluding hydrogens is 429 g/mol. The summed E-state index contributed by atoms with van der Waals surface area (Å²) in [5.41, 5.74) is 1.26. The largest absolute Gasteiger partial charge is 3.00 e. The summed E-state index contributed by atoms with van der Waals surface area (Å²) >= 11 is 0. The van der Waals surface area contributed by atoms with E-state index >= 15 is 0 Å². The Bertz CT molecular complexity index is 734. The van der Waals surface area contributed by atoms with Gasteiger partial charge in [0.2, 0.25) is 0 Å². The van der Waals surface area contributed by atoms with Crippen LogP contribution in [0.4, 0.5) is 0 Å². The molecule has 0 fully saturated rings. The number of rotatable bonds is 10. The van der Waals surface area contributed by atoms with Crippen LogP contribution in [0.5, 0.6) is 11.5 Å². The summed E-state index contributed by atoms with van der Waals surface area (Å²) in [6, 6.07) is 13.8. The van der Waals surface area contributed by atoms with Gasteiger partial charge in [-0.3, -0.25) is 9.98 Å². The van der Waals surface area contributed by atoms with Gasteiger partial charge in [0, 0.05) is 31.5 Å². The van der Waals surface area contributed by atoms with Crippen molar-refractivity contribution >= 4 is 18.4 Å². The van der Waals surface area contributed by atoms with E-state index in [9.17, 15) is 10.2 Å². The van der Waals surface area contributed by atoms with Crippen molar-refractivity contribution in [1.29, 1.82) is 0 Å². The summed E-state index contributed by atoms with van der Waals surface area (Å²) in [5, 5.41) is 35.2. The molecular formula is C22H26CoN3O4. The predicted molar refractivity (Wildman–Crippen MR) is 109 cm³/mol. The Labute approximate surface area is 187 Å². The maximum atomic E-state index is 11.5. The van der Waals surface area contributed by atoms with E-state index in [4.69, 9.17) is 9.90 Å². The van der Waals surface area contributed by atoms with Crippen molar-refractivity contribution in [1.82, 2.24) is 5.32 Å². The topological polar surface area (TPSA) is 123 Å². The smallest absolute Gasteiger partial charge is 0.872 e. The van der Waals surface area contributed by atoms with Gasteiger partial charge in [-0.2, -0.15) is 0 Å². The number of hydrogen-bond acceptors (Lipinski definition) is 7. The first-order valence-electron chi connectivity index (χ1n) is 9.40. The molecule has 2 aromatic carbocycles. The van der Waals surface area contributed by atoms with Crippen LogP contribution < -0.4 is 20.6 Å². The monoisotopic (exact) mass is 455 g/mol. The van der Waals surface area contributed by atoms with E-state index in [-0.39, 0.29) is 28.3 Å². The number of benzene rings is 2. The summed E-state index contributed by atoms with van der Waals surface area (Å²) in [4.78, 5) is 17.4. The summed E-state index contributed by atoms with van der Waals surface area (Å²) in [5.74, 6) is -1.07. The Balaban J connectivity index is 0.00000154. The molecule has 0 saturated heterocycles. The minimum Gasteiger partial charge on any atom is -0.872 e. The number of hydrogen-bond donors (Lipinski definition) is 1. The van der Waals surface area contributed by atoms with Crippen molar-refractivity contribution < 1.29 is 36.9 Å². The van der Waals surface area contributed by atoms with Crippen LogP contribution in [0.2, 0.25) is 0 Å². The number of carboxylic acids is 1. The molecule has 2 aromatic rings. The molecule has 0 atom stereocenters. The van der Waals surface area contributed by atoms with Gasteiger partial charge >= 0.3 is 16.8 Å². The molecule has 0 unspecified atom stereocenters. The van der Waals surface area contributed by atoms with E-state index in [0.29, 0.717) is 24.2 Å². The molecule has 0 amide bonds. The molecule has 8 heteroatoms. The first kappa shape index (κ1) is 27.3. The van der Waals surface area contributed by atoms with Crippen molar-refractivity contribution in [3.63, 3.8) is 0 Å². The van der Waals surface area contributed by atoms with Gasteiger partial charge in [0.15, 0.2) is 0 Å². The third kappa shape index (κ3) is 13.5. The van der Waals surface area contributed by atoms with Crippen molar-refractivity contribution in [2.75, 3.05) is 26.2 Å². The minimum atomic E-state index is -1.08. The molecule has 30 heavy (non-hydrogen) atoms. The van der Waals surface area contributed by atoms with Gasteiger partial charge in [-0.15, -0.1) is 11.5 Å². The molecule has 162 valence electrons. The predicted octanol–water partition coefficient (Wildman–Crippen LogP) is 0.495. The SMILES string of the molecule is CC(=O)[O-].[Co+3].[O-]c1ccccc1C=NCCCNCCCN=Cc1ccccc1[O-]. The van der Waals surface area contributed by atoms with E-state index in [1.165, 1.54) is 0 Å². The van der Waals surface area contributed by atoms with Gasteiger partial charge in [-0.1, -0.05) is 48.5 Å². The fraction of sp³-hybridized carbons (Fsp3) is 0.318. The van der Waals surface area contributed by atoms with Gasteiger partial charge in [0.1, 0.15) is 0 Å². The molecule has 0 aromatic heterocycles. The number of carbonyl (C=O) groups excluding carboxylic acids is 1. The molecule has 7 nitrogen and oxygen atoms in total. The Morgan fingerprint density at radius 1 is 0.867 bits per heavy atom. The maximum Gasteiger partial charge on any atom is 3.00 e. The fourth-order valence-electron chi connectivity index (χ4n) is 2.22. The van der Waals surface area contributed by atoms with Crippen LogP contribution in [-0.4, -0.2) is 44.6 Å². The van der Waals surface area contributed by atoms with Crippen LogP contribution in [0.25, 0.3) is 0 Å². The number of nitrogens with one attached hydrogen (secondary N) is 1. The second-order valence-electron chi connectivity index (χ2n) is 6.09. The molecule has 0 bridgehead atoms. The quantitative estimate of drug-likeness (QED) is 0.413. The Morgan fingerprint density at radius 3 is 1.60 bits per heavy atom. The van der Waals surface area contributed by atoms with Gasteiger partial charge < -0.3 is 25.4 Å². The Morgan fingerprint density at radius 2 is 1.23 bits per heavy atom. The molecule has 0 aliphatic heterocycles. The second kappa shape index (κ2) is 17.2.